The molecule has 5 heteroatoms. The Labute approximate surface area is 103 Å². The molecular weight excluding hydrogens is 283 g/mol. The predicted molar refractivity (Wildman–Crippen MR) is 60.7 cm³/mol. The van der Waals surface area contributed by atoms with E-state index in [2.05, 4.69) is 15.9 Å². The quantitative estimate of drug-likeness (QED) is 0.722. The molecule has 1 atom stereocenters. The summed E-state index contributed by atoms with van der Waals surface area (Å²) in [5.74, 6) is -1.10. The van der Waals surface area contributed by atoms with E-state index in [0.717, 1.165) is 31.3 Å². The van der Waals surface area contributed by atoms with E-state index in [9.17, 15) is 13.2 Å². The molecule has 2 aliphatic rings. The van der Waals surface area contributed by atoms with Crippen LogP contribution in [0.1, 0.15) is 25.7 Å². The molecule has 2 rings (SSSR count). The van der Waals surface area contributed by atoms with Gasteiger partial charge in [0.05, 0.1) is 5.92 Å². The van der Waals surface area contributed by atoms with Crippen molar-refractivity contribution in [2.24, 2.45) is 11.3 Å². The van der Waals surface area contributed by atoms with E-state index in [0.29, 0.717) is 12.8 Å². The fourth-order valence-corrected chi connectivity index (χ4v) is 3.19. The summed E-state index contributed by atoms with van der Waals surface area (Å²) in [6.07, 6.45) is -0.704. The standard InChI is InChI=1S/C11H17BrF3N/c12-7-10(3-4-10)8-16-5-1-2-9(6-16)11(13,14)15/h9H,1-8H2. The van der Waals surface area contributed by atoms with Gasteiger partial charge in [0.15, 0.2) is 0 Å². The molecule has 0 spiro atoms. The molecule has 1 unspecified atom stereocenters. The van der Waals surface area contributed by atoms with Gasteiger partial charge in [-0.25, -0.2) is 0 Å². The average molecular weight is 300 g/mol. The van der Waals surface area contributed by atoms with Crippen molar-refractivity contribution in [1.82, 2.24) is 4.90 Å². The Balaban J connectivity index is 1.87. The summed E-state index contributed by atoms with van der Waals surface area (Å²) in [4.78, 5) is 2.01. The first kappa shape index (κ1) is 12.7. The van der Waals surface area contributed by atoms with Gasteiger partial charge in [-0.1, -0.05) is 15.9 Å². The number of nitrogens with zero attached hydrogens (tertiary/aromatic N) is 1. The van der Waals surface area contributed by atoms with Crippen LogP contribution in [-0.4, -0.2) is 36.0 Å². The summed E-state index contributed by atoms with van der Waals surface area (Å²) >= 11 is 3.47. The van der Waals surface area contributed by atoms with Gasteiger partial charge in [0.25, 0.3) is 0 Å². The molecule has 0 N–H and O–H groups in total. The number of hydrogen-bond acceptors (Lipinski definition) is 1. The van der Waals surface area contributed by atoms with Gasteiger partial charge in [-0.3, -0.25) is 0 Å². The lowest BCUT2D eigenvalue weighted by atomic mass is 9.96. The van der Waals surface area contributed by atoms with Crippen LogP contribution in [0.2, 0.25) is 0 Å². The minimum absolute atomic E-state index is 0.207. The summed E-state index contributed by atoms with van der Waals surface area (Å²) in [6.45, 7) is 1.88. The molecule has 1 saturated carbocycles. The lowest BCUT2D eigenvalue weighted by molar-refractivity contribution is -0.187. The van der Waals surface area contributed by atoms with E-state index in [1.54, 1.807) is 0 Å². The molecule has 16 heavy (non-hydrogen) atoms. The zero-order valence-corrected chi connectivity index (χ0v) is 10.8. The van der Waals surface area contributed by atoms with Crippen LogP contribution in [0.3, 0.4) is 0 Å². The van der Waals surface area contributed by atoms with Crippen molar-refractivity contribution in [3.8, 4) is 0 Å². The zero-order valence-electron chi connectivity index (χ0n) is 9.19. The molecule has 0 aromatic heterocycles. The van der Waals surface area contributed by atoms with Crippen molar-refractivity contribution in [3.05, 3.63) is 0 Å². The minimum atomic E-state index is -4.01. The molecule has 1 nitrogen and oxygen atoms in total. The highest BCUT2D eigenvalue weighted by Crippen LogP contribution is 2.48. The normalized spacial score (nSPS) is 30.4. The first-order valence-corrected chi connectivity index (χ1v) is 6.92. The average Bonchev–Trinajstić information content (AvgIpc) is 2.98. The van der Waals surface area contributed by atoms with Crippen LogP contribution in [0, 0.1) is 11.3 Å². The first-order valence-electron chi connectivity index (χ1n) is 5.80. The zero-order chi connectivity index (χ0) is 11.8. The van der Waals surface area contributed by atoms with Gasteiger partial charge >= 0.3 is 6.18 Å². The van der Waals surface area contributed by atoms with Crippen molar-refractivity contribution >= 4 is 15.9 Å². The Morgan fingerprint density at radius 1 is 1.31 bits per heavy atom. The highest BCUT2D eigenvalue weighted by atomic mass is 79.9. The molecule has 0 aromatic carbocycles. The number of piperidine rings is 1. The molecule has 0 radical (unpaired) electrons. The molecular formula is C11H17BrF3N. The molecule has 1 heterocycles. The van der Waals surface area contributed by atoms with Crippen molar-refractivity contribution in [2.75, 3.05) is 25.0 Å². The molecule has 2 fully saturated rings. The smallest absolute Gasteiger partial charge is 0.302 e. The molecule has 0 amide bonds. The third-order valence-corrected chi connectivity index (χ3v) is 4.96. The van der Waals surface area contributed by atoms with Gasteiger partial charge < -0.3 is 4.90 Å². The fourth-order valence-electron chi connectivity index (χ4n) is 2.45. The van der Waals surface area contributed by atoms with Crippen LogP contribution in [0.4, 0.5) is 13.2 Å². The van der Waals surface area contributed by atoms with Crippen molar-refractivity contribution in [3.63, 3.8) is 0 Å². The molecule has 1 aliphatic carbocycles. The van der Waals surface area contributed by atoms with Crippen molar-refractivity contribution < 1.29 is 13.2 Å². The highest BCUT2D eigenvalue weighted by Gasteiger charge is 2.46. The number of alkyl halides is 4. The minimum Gasteiger partial charge on any atom is -0.302 e. The van der Waals surface area contributed by atoms with Crippen molar-refractivity contribution in [1.29, 1.82) is 0 Å². The molecule has 0 aromatic rings. The summed E-state index contributed by atoms with van der Waals surface area (Å²) in [7, 11) is 0. The molecule has 1 saturated heterocycles. The molecule has 1 aliphatic heterocycles. The van der Waals surface area contributed by atoms with Gasteiger partial charge in [-0.15, -0.1) is 0 Å². The maximum atomic E-state index is 12.6. The summed E-state index contributed by atoms with van der Waals surface area (Å²) in [5, 5.41) is 0.924. The Kier molecular flexibility index (Phi) is 3.55. The van der Waals surface area contributed by atoms with E-state index in [-0.39, 0.29) is 12.0 Å². The van der Waals surface area contributed by atoms with Gasteiger partial charge in [0.2, 0.25) is 0 Å². The molecule has 0 bridgehead atoms. The van der Waals surface area contributed by atoms with Crippen molar-refractivity contribution in [2.45, 2.75) is 31.9 Å². The summed E-state index contributed by atoms with van der Waals surface area (Å²) < 4.78 is 37.8. The Morgan fingerprint density at radius 3 is 2.50 bits per heavy atom. The maximum Gasteiger partial charge on any atom is 0.393 e. The van der Waals surface area contributed by atoms with E-state index < -0.39 is 12.1 Å². The Bertz CT molecular complexity index is 250. The van der Waals surface area contributed by atoms with Crippen LogP contribution < -0.4 is 0 Å². The van der Waals surface area contributed by atoms with Gasteiger partial charge in [0.1, 0.15) is 0 Å². The SMILES string of the molecule is FC(F)(F)C1CCCN(CC2(CBr)CC2)C1. The van der Waals surface area contributed by atoms with Crippen LogP contribution in [0.25, 0.3) is 0 Å². The maximum absolute atomic E-state index is 12.6. The number of hydrogen-bond donors (Lipinski definition) is 0. The van der Waals surface area contributed by atoms with E-state index >= 15 is 0 Å². The second kappa shape index (κ2) is 4.48. The number of rotatable bonds is 3. The second-order valence-corrected chi connectivity index (χ2v) is 5.81. The third kappa shape index (κ3) is 2.92. The molecule has 94 valence electrons. The van der Waals surface area contributed by atoms with E-state index in [4.69, 9.17) is 0 Å². The van der Waals surface area contributed by atoms with E-state index in [1.165, 1.54) is 0 Å². The Morgan fingerprint density at radius 2 is 2.00 bits per heavy atom. The van der Waals surface area contributed by atoms with Gasteiger partial charge in [-0.2, -0.15) is 13.2 Å². The second-order valence-electron chi connectivity index (χ2n) is 5.25. The number of likely N-dealkylation sites (tertiary alicyclic amines) is 1. The van der Waals surface area contributed by atoms with Crippen LogP contribution >= 0.6 is 15.9 Å². The van der Waals surface area contributed by atoms with Crippen LogP contribution in [-0.2, 0) is 0 Å². The Hall–Kier alpha value is 0.230. The third-order valence-electron chi connectivity index (χ3n) is 3.77. The van der Waals surface area contributed by atoms with E-state index in [1.807, 2.05) is 4.90 Å². The largest absolute Gasteiger partial charge is 0.393 e. The van der Waals surface area contributed by atoms with Crippen LogP contribution in [0.5, 0.6) is 0 Å². The summed E-state index contributed by atoms with van der Waals surface area (Å²) in [5.41, 5.74) is 0.285. The monoisotopic (exact) mass is 299 g/mol. The van der Waals surface area contributed by atoms with Crippen LogP contribution in [0.15, 0.2) is 0 Å². The van der Waals surface area contributed by atoms with Gasteiger partial charge in [0, 0.05) is 18.4 Å². The predicted octanol–water partition coefficient (Wildman–Crippen LogP) is 3.44. The highest BCUT2D eigenvalue weighted by molar-refractivity contribution is 9.09. The lowest BCUT2D eigenvalue weighted by Crippen LogP contribution is -2.44. The topological polar surface area (TPSA) is 3.24 Å². The first-order chi connectivity index (χ1) is 7.45. The summed E-state index contributed by atoms with van der Waals surface area (Å²) in [6, 6.07) is 0. The fraction of sp³-hybridized carbons (Fsp3) is 1.00. The van der Waals surface area contributed by atoms with Gasteiger partial charge in [-0.05, 0) is 37.6 Å². The lowest BCUT2D eigenvalue weighted by Gasteiger charge is -2.35. The number of halogens is 4.